The number of halogens is 1. The van der Waals surface area contributed by atoms with Gasteiger partial charge in [0.2, 0.25) is 0 Å². The second-order valence-electron chi connectivity index (χ2n) is 6.39. The highest BCUT2D eigenvalue weighted by Gasteiger charge is 2.28. The molecule has 0 spiro atoms. The summed E-state index contributed by atoms with van der Waals surface area (Å²) in [6.45, 7) is 1.13. The molecule has 0 unspecified atom stereocenters. The Morgan fingerprint density at radius 1 is 1.15 bits per heavy atom. The number of pyridine rings is 1. The minimum Gasteiger partial charge on any atom is -0.440 e. The number of carbonyl (C=O) groups excluding carboxylic acids is 1. The second kappa shape index (κ2) is 7.57. The van der Waals surface area contributed by atoms with Gasteiger partial charge in [-0.15, -0.1) is 0 Å². The van der Waals surface area contributed by atoms with Gasteiger partial charge in [-0.25, -0.2) is 14.2 Å². The van der Waals surface area contributed by atoms with Gasteiger partial charge in [0.15, 0.2) is 17.4 Å². The Morgan fingerprint density at radius 3 is 2.63 bits per heavy atom. The first-order valence-corrected chi connectivity index (χ1v) is 8.77. The lowest BCUT2D eigenvalue weighted by molar-refractivity contribution is 0.136. The molecule has 7 heteroatoms. The van der Waals surface area contributed by atoms with Gasteiger partial charge in [0.1, 0.15) is 5.82 Å². The molecule has 138 valence electrons. The van der Waals surface area contributed by atoms with Crippen molar-refractivity contribution in [3.63, 3.8) is 0 Å². The fraction of sp³-hybridized carbons (Fsp3) is 0.250. The largest absolute Gasteiger partial charge is 0.440 e. The van der Waals surface area contributed by atoms with E-state index in [0.717, 1.165) is 18.4 Å². The van der Waals surface area contributed by atoms with E-state index in [0.29, 0.717) is 30.5 Å². The molecule has 1 amide bonds. The van der Waals surface area contributed by atoms with Crippen molar-refractivity contribution in [2.24, 2.45) is 0 Å². The van der Waals surface area contributed by atoms with Crippen LogP contribution >= 0.6 is 0 Å². The summed E-state index contributed by atoms with van der Waals surface area (Å²) in [6, 6.07) is 9.53. The van der Waals surface area contributed by atoms with E-state index in [1.165, 1.54) is 18.3 Å². The fourth-order valence-corrected chi connectivity index (χ4v) is 3.11. The predicted molar refractivity (Wildman–Crippen MR) is 95.7 cm³/mol. The van der Waals surface area contributed by atoms with Crippen molar-refractivity contribution in [1.29, 1.82) is 0 Å². The number of benzene rings is 1. The highest BCUT2D eigenvalue weighted by molar-refractivity contribution is 5.70. The summed E-state index contributed by atoms with van der Waals surface area (Å²) in [5, 5.41) is 0. The van der Waals surface area contributed by atoms with Crippen LogP contribution in [0, 0.1) is 5.82 Å². The average Bonchev–Trinajstić information content (AvgIpc) is 3.20. The number of aromatic nitrogens is 2. The van der Waals surface area contributed by atoms with Crippen molar-refractivity contribution in [3.05, 3.63) is 66.7 Å². The smallest absolute Gasteiger partial charge is 0.415 e. The third kappa shape index (κ3) is 3.97. The second-order valence-corrected chi connectivity index (χ2v) is 6.39. The summed E-state index contributed by atoms with van der Waals surface area (Å²) in [4.78, 5) is 22.2. The predicted octanol–water partition coefficient (Wildman–Crippen LogP) is 4.25. The van der Waals surface area contributed by atoms with Crippen LogP contribution in [0.25, 0.3) is 11.3 Å². The Balaban J connectivity index is 1.35. The van der Waals surface area contributed by atoms with Crippen molar-refractivity contribution in [3.8, 4) is 17.1 Å². The highest BCUT2D eigenvalue weighted by atomic mass is 19.1. The highest BCUT2D eigenvalue weighted by Crippen LogP contribution is 2.31. The summed E-state index contributed by atoms with van der Waals surface area (Å²) in [7, 11) is 0. The van der Waals surface area contributed by atoms with Crippen LogP contribution in [0.5, 0.6) is 5.75 Å². The molecule has 0 saturated carbocycles. The Kier molecular flexibility index (Phi) is 4.82. The first kappa shape index (κ1) is 17.2. The van der Waals surface area contributed by atoms with Crippen molar-refractivity contribution in [1.82, 2.24) is 14.9 Å². The van der Waals surface area contributed by atoms with E-state index >= 15 is 0 Å². The van der Waals surface area contributed by atoms with Gasteiger partial charge < -0.3 is 14.1 Å². The molecule has 3 aromatic rings. The molecule has 1 aliphatic rings. The van der Waals surface area contributed by atoms with Gasteiger partial charge >= 0.3 is 6.09 Å². The van der Waals surface area contributed by atoms with E-state index in [4.69, 9.17) is 9.15 Å². The van der Waals surface area contributed by atoms with E-state index in [1.807, 2.05) is 0 Å². The topological polar surface area (TPSA) is 68.5 Å². The van der Waals surface area contributed by atoms with E-state index in [1.54, 1.807) is 41.6 Å². The minimum absolute atomic E-state index is 0.140. The molecule has 1 fully saturated rings. The Hall–Kier alpha value is -3.22. The van der Waals surface area contributed by atoms with Crippen molar-refractivity contribution in [2.45, 2.75) is 18.8 Å². The number of hydrogen-bond donors (Lipinski definition) is 0. The van der Waals surface area contributed by atoms with Crippen LogP contribution in [0.15, 0.2) is 59.4 Å². The summed E-state index contributed by atoms with van der Waals surface area (Å²) >= 11 is 0. The van der Waals surface area contributed by atoms with Crippen LogP contribution in [0.3, 0.4) is 0 Å². The number of rotatable bonds is 3. The van der Waals surface area contributed by atoms with Gasteiger partial charge in [-0.1, -0.05) is 0 Å². The molecule has 0 bridgehead atoms. The van der Waals surface area contributed by atoms with Crippen molar-refractivity contribution < 1.29 is 18.3 Å². The van der Waals surface area contributed by atoms with Crippen molar-refractivity contribution in [2.75, 3.05) is 13.1 Å². The van der Waals surface area contributed by atoms with Crippen LogP contribution < -0.4 is 4.74 Å². The molecule has 4 rings (SSSR count). The van der Waals surface area contributed by atoms with Crippen LogP contribution in [-0.4, -0.2) is 34.1 Å². The van der Waals surface area contributed by atoms with Gasteiger partial charge in [0.25, 0.3) is 0 Å². The van der Waals surface area contributed by atoms with E-state index in [2.05, 4.69) is 9.97 Å². The molecule has 1 saturated heterocycles. The minimum atomic E-state index is -0.374. The van der Waals surface area contributed by atoms with Crippen LogP contribution in [0.2, 0.25) is 0 Å². The van der Waals surface area contributed by atoms with Gasteiger partial charge in [0.05, 0.1) is 12.4 Å². The summed E-state index contributed by atoms with van der Waals surface area (Å²) in [5.41, 5.74) is 0.785. The third-order valence-corrected chi connectivity index (χ3v) is 4.59. The molecule has 2 aromatic heterocycles. The Morgan fingerprint density at radius 2 is 1.93 bits per heavy atom. The lowest BCUT2D eigenvalue weighted by Crippen LogP contribution is -2.39. The molecular weight excluding hydrogens is 349 g/mol. The first-order valence-electron chi connectivity index (χ1n) is 8.77. The van der Waals surface area contributed by atoms with Crippen LogP contribution in [-0.2, 0) is 0 Å². The molecule has 1 aromatic carbocycles. The van der Waals surface area contributed by atoms with Crippen molar-refractivity contribution >= 4 is 6.09 Å². The third-order valence-electron chi connectivity index (χ3n) is 4.59. The quantitative estimate of drug-likeness (QED) is 0.692. The maximum Gasteiger partial charge on any atom is 0.415 e. The van der Waals surface area contributed by atoms with Crippen LogP contribution in [0.4, 0.5) is 9.18 Å². The van der Waals surface area contributed by atoms with Gasteiger partial charge in [-0.2, -0.15) is 0 Å². The lowest BCUT2D eigenvalue weighted by Gasteiger charge is -2.29. The fourth-order valence-electron chi connectivity index (χ4n) is 3.11. The summed E-state index contributed by atoms with van der Waals surface area (Å²) in [5.74, 6) is 1.55. The van der Waals surface area contributed by atoms with E-state index < -0.39 is 0 Å². The molecule has 3 heterocycles. The zero-order valence-corrected chi connectivity index (χ0v) is 14.5. The molecular formula is C20H18FN3O3. The summed E-state index contributed by atoms with van der Waals surface area (Å²) < 4.78 is 24.2. The van der Waals surface area contributed by atoms with Gasteiger partial charge in [-0.05, 0) is 49.2 Å². The standard InChI is InChI=1S/C20H18FN3O3/c21-16-5-3-14(4-6-16)18-13-23-19(27-18)15-7-10-24(11-8-15)20(25)26-17-2-1-9-22-12-17/h1-6,9,12-13,15H,7-8,10-11H2. The molecule has 0 radical (unpaired) electrons. The Labute approximate surface area is 155 Å². The molecule has 0 atom stereocenters. The number of likely N-dealkylation sites (tertiary alicyclic amines) is 1. The van der Waals surface area contributed by atoms with Gasteiger partial charge in [0, 0.05) is 30.8 Å². The SMILES string of the molecule is O=C(Oc1cccnc1)N1CCC(c2ncc(-c3ccc(F)cc3)o2)CC1. The first-order chi connectivity index (χ1) is 13.2. The molecule has 0 N–H and O–H groups in total. The van der Waals surface area contributed by atoms with E-state index in [9.17, 15) is 9.18 Å². The average molecular weight is 367 g/mol. The zero-order valence-electron chi connectivity index (χ0n) is 14.5. The number of carbonyl (C=O) groups is 1. The number of nitrogens with zero attached hydrogens (tertiary/aromatic N) is 3. The normalized spacial score (nSPS) is 14.9. The molecule has 1 aliphatic heterocycles. The lowest BCUT2D eigenvalue weighted by atomic mass is 9.97. The monoisotopic (exact) mass is 367 g/mol. The molecule has 27 heavy (non-hydrogen) atoms. The number of amides is 1. The molecule has 6 nitrogen and oxygen atoms in total. The van der Waals surface area contributed by atoms with Gasteiger partial charge in [-0.3, -0.25) is 4.98 Å². The maximum atomic E-state index is 13.0. The Bertz CT molecular complexity index is 904. The summed E-state index contributed by atoms with van der Waals surface area (Å²) in [6.07, 6.45) is 5.90. The van der Waals surface area contributed by atoms with Crippen LogP contribution in [0.1, 0.15) is 24.7 Å². The zero-order chi connectivity index (χ0) is 18.6. The number of piperidine rings is 1. The number of ether oxygens (including phenoxy) is 1. The number of oxazole rings is 1. The maximum absolute atomic E-state index is 13.0. The molecule has 0 aliphatic carbocycles. The van der Waals surface area contributed by atoms with E-state index in [-0.39, 0.29) is 17.8 Å². The number of hydrogen-bond acceptors (Lipinski definition) is 5.